The Morgan fingerprint density at radius 2 is 1.67 bits per heavy atom. The highest BCUT2D eigenvalue weighted by molar-refractivity contribution is 8.02. The zero-order valence-corrected chi connectivity index (χ0v) is 23.8. The maximum atomic E-state index is 16.0. The highest BCUT2D eigenvalue weighted by Gasteiger charge is 2.78. The Kier molecular flexibility index (Phi) is 8.85. The topological polar surface area (TPSA) is 104 Å². The first kappa shape index (κ1) is 29.5. The van der Waals surface area contributed by atoms with Gasteiger partial charge < -0.3 is 21.5 Å². The van der Waals surface area contributed by atoms with E-state index in [9.17, 15) is 9.59 Å². The number of thioether (sulfide) groups is 1. The average molecular weight is 574 g/mol. The van der Waals surface area contributed by atoms with Crippen LogP contribution in [0, 0.1) is 29.1 Å². The van der Waals surface area contributed by atoms with Crippen LogP contribution in [0.15, 0.2) is 0 Å². The minimum atomic E-state index is -4.36. The molecule has 0 radical (unpaired) electrons. The van der Waals surface area contributed by atoms with Gasteiger partial charge in [0.05, 0.1) is 10.7 Å². The minimum Gasteiger partial charge on any atom is -0.480 e. The summed E-state index contributed by atoms with van der Waals surface area (Å²) in [6.45, 7) is 0.0980. The van der Waals surface area contributed by atoms with Gasteiger partial charge in [0.1, 0.15) is 6.04 Å². The Bertz CT molecular complexity index is 907. The van der Waals surface area contributed by atoms with E-state index in [0.29, 0.717) is 31.7 Å². The Balaban J connectivity index is 1.62. The number of aliphatic carboxylic acids is 1. The highest BCUT2D eigenvalue weighted by atomic mass is 32.2. The summed E-state index contributed by atoms with van der Waals surface area (Å²) in [7, 11) is 0. The van der Waals surface area contributed by atoms with Gasteiger partial charge >= 0.3 is 12.1 Å². The molecule has 5 aliphatic rings. The molecule has 1 spiro atoms. The van der Waals surface area contributed by atoms with Crippen LogP contribution in [0.2, 0.25) is 0 Å². The van der Waals surface area contributed by atoms with Crippen LogP contribution in [-0.4, -0.2) is 58.3 Å². The van der Waals surface area contributed by atoms with Crippen molar-refractivity contribution in [1.82, 2.24) is 10.6 Å². The molecule has 2 aliphatic heterocycles. The number of carbonyl (C=O) groups excluding carboxylic acids is 1. The van der Waals surface area contributed by atoms with Gasteiger partial charge in [-0.3, -0.25) is 9.59 Å². The summed E-state index contributed by atoms with van der Waals surface area (Å²) in [5.41, 5.74) is 3.80. The molecule has 5 rings (SSSR count). The van der Waals surface area contributed by atoms with Gasteiger partial charge in [-0.05, 0) is 68.7 Å². The first-order chi connectivity index (χ1) is 18.6. The van der Waals surface area contributed by atoms with E-state index in [1.165, 1.54) is 11.8 Å². The third-order valence-electron chi connectivity index (χ3n) is 11.2. The fraction of sp³-hybridized carbons (Fsp3) is 0.931. The van der Waals surface area contributed by atoms with Gasteiger partial charge in [0.2, 0.25) is 5.91 Å². The zero-order chi connectivity index (χ0) is 27.8. The summed E-state index contributed by atoms with van der Waals surface area (Å²) >= 11 is 1.32. The maximum absolute atomic E-state index is 16.0. The van der Waals surface area contributed by atoms with Gasteiger partial charge in [-0.15, -0.1) is 11.8 Å². The number of nitrogens with two attached hydrogens (primary N) is 1. The predicted octanol–water partition coefficient (Wildman–Crippen LogP) is 5.25. The third kappa shape index (κ3) is 5.13. The first-order valence-corrected chi connectivity index (χ1v) is 16.2. The van der Waals surface area contributed by atoms with E-state index in [1.807, 2.05) is 0 Å². The van der Waals surface area contributed by atoms with Crippen molar-refractivity contribution < 1.29 is 27.9 Å². The van der Waals surface area contributed by atoms with Crippen LogP contribution in [0.4, 0.5) is 13.2 Å². The summed E-state index contributed by atoms with van der Waals surface area (Å²) in [5.74, 6) is -1.52. The van der Waals surface area contributed by atoms with Crippen molar-refractivity contribution >= 4 is 23.6 Å². The number of nitrogens with one attached hydrogen (secondary N) is 2. The molecular weight excluding hydrogens is 527 g/mol. The number of hydrogen-bond acceptors (Lipinski definition) is 5. The summed E-state index contributed by atoms with van der Waals surface area (Å²) in [5, 5.41) is 14.7. The molecule has 9 atom stereocenters. The number of amides is 1. The molecule has 2 saturated heterocycles. The number of rotatable bonds is 4. The van der Waals surface area contributed by atoms with Crippen molar-refractivity contribution in [2.75, 3.05) is 13.1 Å². The van der Waals surface area contributed by atoms with E-state index in [2.05, 4.69) is 10.6 Å². The quantitative estimate of drug-likeness (QED) is 0.367. The number of piperidine rings is 1. The van der Waals surface area contributed by atoms with E-state index in [4.69, 9.17) is 10.8 Å². The summed E-state index contributed by atoms with van der Waals surface area (Å²) < 4.78 is 46.8. The van der Waals surface area contributed by atoms with Gasteiger partial charge in [0, 0.05) is 17.3 Å². The van der Waals surface area contributed by atoms with Crippen LogP contribution >= 0.6 is 11.8 Å². The van der Waals surface area contributed by atoms with Gasteiger partial charge in [-0.1, -0.05) is 57.8 Å². The number of carboxylic acids is 1. The molecule has 5 fully saturated rings. The average Bonchev–Trinajstić information content (AvgIpc) is 3.27. The highest BCUT2D eigenvalue weighted by Crippen LogP contribution is 2.73. The minimum absolute atomic E-state index is 0.0822. The molecule has 8 unspecified atom stereocenters. The molecule has 0 aromatic rings. The second-order valence-corrected chi connectivity index (χ2v) is 14.5. The van der Waals surface area contributed by atoms with Crippen LogP contribution in [0.25, 0.3) is 0 Å². The molecule has 222 valence electrons. The van der Waals surface area contributed by atoms with Gasteiger partial charge in [0.15, 0.2) is 0 Å². The van der Waals surface area contributed by atoms with Crippen molar-refractivity contribution in [2.24, 2.45) is 34.8 Å². The first-order valence-electron chi connectivity index (χ1n) is 15.4. The van der Waals surface area contributed by atoms with Crippen molar-refractivity contribution in [1.29, 1.82) is 0 Å². The van der Waals surface area contributed by atoms with Crippen LogP contribution in [0.1, 0.15) is 96.3 Å². The monoisotopic (exact) mass is 573 g/mol. The fourth-order valence-electron chi connectivity index (χ4n) is 9.61. The SMILES string of the molecule is N[C@H](CNC(=O)C1CC2NCCC3(C(F)(F)F)C4CCCCCC(C4)C4CCCCCCCC4C23S1)C(=O)O. The zero-order valence-electron chi connectivity index (χ0n) is 22.9. The molecule has 5 N–H and O–H groups in total. The van der Waals surface area contributed by atoms with Crippen LogP contribution in [0.3, 0.4) is 0 Å². The fourth-order valence-corrected chi connectivity index (χ4v) is 12.0. The number of hydrogen-bond donors (Lipinski definition) is 4. The molecule has 2 heterocycles. The summed E-state index contributed by atoms with van der Waals surface area (Å²) in [4.78, 5) is 24.6. The molecule has 3 saturated carbocycles. The second kappa shape index (κ2) is 11.7. The molecule has 3 aliphatic carbocycles. The molecule has 2 bridgehead atoms. The van der Waals surface area contributed by atoms with E-state index in [0.717, 1.165) is 70.6 Å². The summed E-state index contributed by atoms with van der Waals surface area (Å²) in [6, 6.07) is -1.63. The number of fused-ring (bicyclic) bond motifs is 5. The van der Waals surface area contributed by atoms with Crippen molar-refractivity contribution in [2.45, 2.75) is 125 Å². The lowest BCUT2D eigenvalue weighted by atomic mass is 9.53. The van der Waals surface area contributed by atoms with E-state index in [-0.39, 0.29) is 30.7 Å². The lowest BCUT2D eigenvalue weighted by Gasteiger charge is -2.61. The number of carbonyl (C=O) groups is 2. The number of carboxylic acid groups (broad SMARTS) is 1. The third-order valence-corrected chi connectivity index (χ3v) is 13.2. The van der Waals surface area contributed by atoms with Gasteiger partial charge in [-0.2, -0.15) is 13.2 Å². The molecule has 0 aromatic carbocycles. The normalized spacial score (nSPS) is 42.1. The van der Waals surface area contributed by atoms with Crippen molar-refractivity contribution in [3.63, 3.8) is 0 Å². The molecule has 0 aromatic heterocycles. The lowest BCUT2D eigenvalue weighted by molar-refractivity contribution is -0.273. The van der Waals surface area contributed by atoms with E-state index in [1.54, 1.807) is 0 Å². The largest absolute Gasteiger partial charge is 0.480 e. The number of halogens is 3. The second-order valence-electron chi connectivity index (χ2n) is 13.0. The predicted molar refractivity (Wildman–Crippen MR) is 146 cm³/mol. The molecule has 39 heavy (non-hydrogen) atoms. The molecular formula is C29H46F3N3O3S. The van der Waals surface area contributed by atoms with Crippen LogP contribution in [0.5, 0.6) is 0 Å². The van der Waals surface area contributed by atoms with Crippen LogP contribution in [-0.2, 0) is 9.59 Å². The van der Waals surface area contributed by atoms with Crippen molar-refractivity contribution in [3.05, 3.63) is 0 Å². The molecule has 1 amide bonds. The standard InChI is InChI=1S/C29H46F3N3O3S/c30-29(31,32)27-13-14-34-24-16-23(25(36)35-17-22(33)26(37)38)39-28(24,27)21-12-8-3-1-2-7-11-20(21)18-9-5-4-6-10-19(27)15-18/h18-24,34H,1-17,33H2,(H,35,36)(H,37,38)/t18?,19?,20?,21?,22-,23?,24?,27?,28?/m1/s1. The number of alkyl halides is 3. The maximum Gasteiger partial charge on any atom is 0.396 e. The Labute approximate surface area is 234 Å². The van der Waals surface area contributed by atoms with Gasteiger partial charge in [-0.25, -0.2) is 0 Å². The van der Waals surface area contributed by atoms with Crippen LogP contribution < -0.4 is 16.4 Å². The van der Waals surface area contributed by atoms with E-state index < -0.39 is 45.6 Å². The van der Waals surface area contributed by atoms with E-state index >= 15 is 13.2 Å². The van der Waals surface area contributed by atoms with Crippen molar-refractivity contribution in [3.8, 4) is 0 Å². The molecule has 10 heteroatoms. The molecule has 6 nitrogen and oxygen atoms in total. The van der Waals surface area contributed by atoms with Gasteiger partial charge in [0.25, 0.3) is 0 Å². The smallest absolute Gasteiger partial charge is 0.396 e. The Morgan fingerprint density at radius 1 is 1.00 bits per heavy atom. The Hall–Kier alpha value is -1.00. The lowest BCUT2D eigenvalue weighted by Crippen LogP contribution is -2.71. The Morgan fingerprint density at radius 3 is 2.41 bits per heavy atom. The summed E-state index contributed by atoms with van der Waals surface area (Å²) in [6.07, 6.45) is 8.53.